The molecule has 2 rings (SSSR count). The lowest BCUT2D eigenvalue weighted by molar-refractivity contribution is -0.123. The van der Waals surface area contributed by atoms with E-state index in [1.807, 2.05) is 42.5 Å². The van der Waals surface area contributed by atoms with Gasteiger partial charge in [-0.15, -0.1) is 12.4 Å². The standard InChI is InChI=1S/C18H21ClN2O2.ClH/c19-16-12-15(14-6-2-1-3-7-14)8-9-17(16)23-13-18(22)21-11-5-4-10-20;/h1-3,6-9,12H,4-5,10-11,13,20H2,(H,21,22);1H. The highest BCUT2D eigenvalue weighted by Crippen LogP contribution is 2.30. The maximum atomic E-state index is 11.7. The molecule has 1 amide bonds. The Hall–Kier alpha value is -1.75. The van der Waals surface area contributed by atoms with E-state index in [4.69, 9.17) is 22.1 Å². The number of benzene rings is 2. The van der Waals surface area contributed by atoms with E-state index >= 15 is 0 Å². The Bertz CT molecular complexity index is 636. The Morgan fingerprint density at radius 2 is 1.83 bits per heavy atom. The van der Waals surface area contributed by atoms with Gasteiger partial charge in [0, 0.05) is 6.54 Å². The lowest BCUT2D eigenvalue weighted by Gasteiger charge is -2.10. The maximum Gasteiger partial charge on any atom is 0.257 e. The quantitative estimate of drug-likeness (QED) is 0.698. The first-order valence-electron chi connectivity index (χ1n) is 7.65. The summed E-state index contributed by atoms with van der Waals surface area (Å²) in [5, 5.41) is 3.27. The minimum atomic E-state index is -0.162. The molecule has 3 N–H and O–H groups in total. The van der Waals surface area contributed by atoms with Crippen molar-refractivity contribution in [1.29, 1.82) is 0 Å². The normalized spacial score (nSPS) is 9.92. The summed E-state index contributed by atoms with van der Waals surface area (Å²) in [7, 11) is 0. The van der Waals surface area contributed by atoms with E-state index in [0.717, 1.165) is 24.0 Å². The molecular weight excluding hydrogens is 347 g/mol. The van der Waals surface area contributed by atoms with Crippen LogP contribution in [0.3, 0.4) is 0 Å². The van der Waals surface area contributed by atoms with E-state index in [2.05, 4.69) is 5.32 Å². The minimum absolute atomic E-state index is 0. The van der Waals surface area contributed by atoms with Crippen molar-refractivity contribution >= 4 is 29.9 Å². The van der Waals surface area contributed by atoms with Crippen molar-refractivity contribution in [2.24, 2.45) is 5.73 Å². The van der Waals surface area contributed by atoms with E-state index in [9.17, 15) is 4.79 Å². The number of unbranched alkanes of at least 4 members (excludes halogenated alkanes) is 1. The summed E-state index contributed by atoms with van der Waals surface area (Å²) < 4.78 is 5.48. The number of halogens is 2. The van der Waals surface area contributed by atoms with Gasteiger partial charge in [-0.2, -0.15) is 0 Å². The second kappa shape index (κ2) is 10.9. The average molecular weight is 369 g/mol. The fourth-order valence-corrected chi connectivity index (χ4v) is 2.35. The summed E-state index contributed by atoms with van der Waals surface area (Å²) in [4.78, 5) is 11.7. The zero-order valence-electron chi connectivity index (χ0n) is 13.3. The molecule has 0 bridgehead atoms. The lowest BCUT2D eigenvalue weighted by atomic mass is 10.1. The number of amides is 1. The van der Waals surface area contributed by atoms with Crippen molar-refractivity contribution in [3.63, 3.8) is 0 Å². The molecule has 0 saturated heterocycles. The van der Waals surface area contributed by atoms with Gasteiger partial charge in [-0.3, -0.25) is 4.79 Å². The first-order valence-corrected chi connectivity index (χ1v) is 8.03. The third-order valence-electron chi connectivity index (χ3n) is 3.35. The summed E-state index contributed by atoms with van der Waals surface area (Å²) in [5.74, 6) is 0.341. The highest BCUT2D eigenvalue weighted by atomic mass is 35.5. The van der Waals surface area contributed by atoms with Gasteiger partial charge in [0.1, 0.15) is 5.75 Å². The number of carbonyl (C=O) groups is 1. The molecule has 0 saturated carbocycles. The Morgan fingerprint density at radius 3 is 2.50 bits per heavy atom. The summed E-state index contributed by atoms with van der Waals surface area (Å²) in [6, 6.07) is 15.5. The third-order valence-corrected chi connectivity index (χ3v) is 3.65. The molecule has 24 heavy (non-hydrogen) atoms. The molecule has 0 aliphatic heterocycles. The molecule has 0 heterocycles. The highest BCUT2D eigenvalue weighted by molar-refractivity contribution is 6.32. The molecule has 0 aliphatic carbocycles. The summed E-state index contributed by atoms with van der Waals surface area (Å²) in [6.45, 7) is 1.20. The van der Waals surface area contributed by atoms with Crippen molar-refractivity contribution in [2.45, 2.75) is 12.8 Å². The van der Waals surface area contributed by atoms with E-state index in [1.165, 1.54) is 0 Å². The monoisotopic (exact) mass is 368 g/mol. The summed E-state index contributed by atoms with van der Waals surface area (Å²) in [5.41, 5.74) is 7.49. The van der Waals surface area contributed by atoms with Crippen LogP contribution in [0.2, 0.25) is 5.02 Å². The largest absolute Gasteiger partial charge is 0.482 e. The number of ether oxygens (including phenoxy) is 1. The van der Waals surface area contributed by atoms with E-state index in [1.54, 1.807) is 6.07 Å². The van der Waals surface area contributed by atoms with Crippen molar-refractivity contribution in [2.75, 3.05) is 19.7 Å². The number of carbonyl (C=O) groups excluding carboxylic acids is 1. The van der Waals surface area contributed by atoms with Crippen LogP contribution in [-0.4, -0.2) is 25.6 Å². The zero-order valence-corrected chi connectivity index (χ0v) is 14.9. The van der Waals surface area contributed by atoms with E-state index < -0.39 is 0 Å². The predicted octanol–water partition coefficient (Wildman–Crippen LogP) is 3.66. The van der Waals surface area contributed by atoms with Gasteiger partial charge in [0.2, 0.25) is 0 Å². The van der Waals surface area contributed by atoms with E-state index in [-0.39, 0.29) is 24.9 Å². The number of rotatable bonds is 8. The Morgan fingerprint density at radius 1 is 1.08 bits per heavy atom. The van der Waals surface area contributed by atoms with Gasteiger partial charge in [0.05, 0.1) is 5.02 Å². The Labute approximate surface area is 153 Å². The fourth-order valence-electron chi connectivity index (χ4n) is 2.12. The fraction of sp³-hybridized carbons (Fsp3) is 0.278. The number of hydrogen-bond acceptors (Lipinski definition) is 3. The maximum absolute atomic E-state index is 11.7. The number of nitrogens with one attached hydrogen (secondary N) is 1. The molecule has 0 spiro atoms. The topological polar surface area (TPSA) is 64.3 Å². The van der Waals surface area contributed by atoms with Crippen LogP contribution in [0.15, 0.2) is 48.5 Å². The number of hydrogen-bond donors (Lipinski definition) is 2. The van der Waals surface area contributed by atoms with E-state index in [0.29, 0.717) is 23.9 Å². The van der Waals surface area contributed by atoms with Crippen LogP contribution < -0.4 is 15.8 Å². The van der Waals surface area contributed by atoms with Crippen LogP contribution in [0, 0.1) is 0 Å². The summed E-state index contributed by atoms with van der Waals surface area (Å²) in [6.07, 6.45) is 1.77. The molecule has 0 radical (unpaired) electrons. The van der Waals surface area contributed by atoms with Gasteiger partial charge in [-0.1, -0.05) is 48.0 Å². The van der Waals surface area contributed by atoms with Crippen LogP contribution in [0.1, 0.15) is 12.8 Å². The van der Waals surface area contributed by atoms with Gasteiger partial charge < -0.3 is 15.8 Å². The third kappa shape index (κ3) is 6.40. The van der Waals surface area contributed by atoms with Gasteiger partial charge >= 0.3 is 0 Å². The van der Waals surface area contributed by atoms with Crippen LogP contribution in [0.5, 0.6) is 5.75 Å². The second-order valence-corrected chi connectivity index (χ2v) is 5.55. The molecule has 0 atom stereocenters. The molecule has 4 nitrogen and oxygen atoms in total. The Balaban J connectivity index is 0.00000288. The van der Waals surface area contributed by atoms with Crippen LogP contribution in [0.25, 0.3) is 11.1 Å². The highest BCUT2D eigenvalue weighted by Gasteiger charge is 2.07. The molecule has 0 fully saturated rings. The molecule has 2 aromatic carbocycles. The van der Waals surface area contributed by atoms with Gasteiger partial charge in [-0.05, 0) is 42.6 Å². The minimum Gasteiger partial charge on any atom is -0.482 e. The van der Waals surface area contributed by atoms with Crippen LogP contribution in [-0.2, 0) is 4.79 Å². The smallest absolute Gasteiger partial charge is 0.257 e. The first kappa shape index (κ1) is 20.3. The van der Waals surface area contributed by atoms with Crippen LogP contribution in [0.4, 0.5) is 0 Å². The number of nitrogens with two attached hydrogens (primary N) is 1. The van der Waals surface area contributed by atoms with Crippen molar-refractivity contribution in [1.82, 2.24) is 5.32 Å². The van der Waals surface area contributed by atoms with Crippen molar-refractivity contribution in [3.8, 4) is 16.9 Å². The van der Waals surface area contributed by atoms with Crippen LogP contribution >= 0.6 is 24.0 Å². The molecule has 0 unspecified atom stereocenters. The molecule has 130 valence electrons. The van der Waals surface area contributed by atoms with Gasteiger partial charge in [-0.25, -0.2) is 0 Å². The first-order chi connectivity index (χ1) is 11.2. The van der Waals surface area contributed by atoms with Gasteiger partial charge in [0.15, 0.2) is 6.61 Å². The Kier molecular flexibility index (Phi) is 9.23. The van der Waals surface area contributed by atoms with Gasteiger partial charge in [0.25, 0.3) is 5.91 Å². The lowest BCUT2D eigenvalue weighted by Crippen LogP contribution is -2.30. The average Bonchev–Trinajstić information content (AvgIpc) is 2.58. The molecule has 2 aromatic rings. The molecule has 0 aliphatic rings. The molecular formula is C18H22Cl2N2O2. The summed E-state index contributed by atoms with van der Waals surface area (Å²) >= 11 is 6.24. The van der Waals surface area contributed by atoms with Crippen molar-refractivity contribution < 1.29 is 9.53 Å². The molecule has 6 heteroatoms. The second-order valence-electron chi connectivity index (χ2n) is 5.15. The predicted molar refractivity (Wildman–Crippen MR) is 101 cm³/mol. The van der Waals surface area contributed by atoms with Crippen molar-refractivity contribution in [3.05, 3.63) is 53.6 Å². The zero-order chi connectivity index (χ0) is 16.5. The molecule has 0 aromatic heterocycles. The SMILES string of the molecule is Cl.NCCCCNC(=O)COc1ccc(-c2ccccc2)cc1Cl.